The van der Waals surface area contributed by atoms with Crippen LogP contribution in [-0.2, 0) is 0 Å². The first kappa shape index (κ1) is 14.0. The molecule has 0 aliphatic rings. The van der Waals surface area contributed by atoms with E-state index < -0.39 is 0 Å². The molecule has 0 saturated carbocycles. The van der Waals surface area contributed by atoms with Gasteiger partial charge in [-0.15, -0.1) is 0 Å². The second kappa shape index (κ2) is 6.63. The molecule has 102 valence electrons. The molecule has 2 aromatic rings. The van der Waals surface area contributed by atoms with Gasteiger partial charge in [0.25, 0.3) is 0 Å². The molecule has 2 rings (SSSR count). The summed E-state index contributed by atoms with van der Waals surface area (Å²) >= 11 is 0. The van der Waals surface area contributed by atoms with Gasteiger partial charge in [0.2, 0.25) is 0 Å². The van der Waals surface area contributed by atoms with Gasteiger partial charge in [0.15, 0.2) is 11.5 Å². The van der Waals surface area contributed by atoms with Crippen molar-refractivity contribution < 1.29 is 9.47 Å². The molecule has 0 radical (unpaired) electrons. The molecule has 0 atom stereocenters. The molecule has 0 aliphatic carbocycles. The molecule has 0 unspecified atom stereocenters. The molecule has 2 aromatic carbocycles. The van der Waals surface area contributed by atoms with Crippen molar-refractivity contribution in [2.75, 3.05) is 13.7 Å². The molecule has 0 amide bonds. The van der Waals surface area contributed by atoms with E-state index in [0.717, 1.165) is 17.5 Å². The smallest absolute Gasteiger partial charge is 0.179 e. The average Bonchev–Trinajstić information content (AvgIpc) is 2.52. The third-order valence-electron chi connectivity index (χ3n) is 2.99. The molecular formula is C17H17NO2. The Morgan fingerprint density at radius 2 is 1.85 bits per heavy atom. The standard InChI is InChI=1S/C17H17NO2/c1-3-11-20-17-15(12-18)14(9-10-16(17)19-2)13-7-5-4-6-8-13/h4-10H,3,11H2,1-2H3. The first-order valence-electron chi connectivity index (χ1n) is 6.61. The molecule has 0 N–H and O–H groups in total. The normalized spacial score (nSPS) is 9.85. The zero-order valence-electron chi connectivity index (χ0n) is 11.7. The van der Waals surface area contributed by atoms with Gasteiger partial charge in [0.1, 0.15) is 11.6 Å². The Kier molecular flexibility index (Phi) is 4.62. The Bertz CT molecular complexity index is 615. The highest BCUT2D eigenvalue weighted by Crippen LogP contribution is 2.37. The Balaban J connectivity index is 2.57. The predicted octanol–water partition coefficient (Wildman–Crippen LogP) is 4.02. The topological polar surface area (TPSA) is 42.2 Å². The number of benzene rings is 2. The van der Waals surface area contributed by atoms with E-state index in [4.69, 9.17) is 9.47 Å². The van der Waals surface area contributed by atoms with Crippen molar-refractivity contribution in [3.8, 4) is 28.7 Å². The first-order valence-corrected chi connectivity index (χ1v) is 6.61. The number of nitrogens with zero attached hydrogens (tertiary/aromatic N) is 1. The van der Waals surface area contributed by atoms with Crippen LogP contribution in [0.4, 0.5) is 0 Å². The van der Waals surface area contributed by atoms with E-state index in [0.29, 0.717) is 23.7 Å². The van der Waals surface area contributed by atoms with E-state index in [-0.39, 0.29) is 0 Å². The predicted molar refractivity (Wildman–Crippen MR) is 78.9 cm³/mol. The lowest BCUT2D eigenvalue weighted by Gasteiger charge is -2.14. The maximum absolute atomic E-state index is 9.49. The number of nitriles is 1. The van der Waals surface area contributed by atoms with E-state index in [1.54, 1.807) is 7.11 Å². The molecule has 0 aliphatic heterocycles. The van der Waals surface area contributed by atoms with Gasteiger partial charge in [-0.05, 0) is 24.1 Å². The van der Waals surface area contributed by atoms with Gasteiger partial charge in [-0.25, -0.2) is 0 Å². The van der Waals surface area contributed by atoms with Crippen molar-refractivity contribution in [1.29, 1.82) is 5.26 Å². The molecule has 3 nitrogen and oxygen atoms in total. The largest absolute Gasteiger partial charge is 0.493 e. The Morgan fingerprint density at radius 3 is 2.45 bits per heavy atom. The zero-order valence-corrected chi connectivity index (χ0v) is 11.7. The molecule has 0 saturated heterocycles. The van der Waals surface area contributed by atoms with E-state index in [1.807, 2.05) is 49.4 Å². The van der Waals surface area contributed by atoms with Crippen LogP contribution in [0.1, 0.15) is 18.9 Å². The monoisotopic (exact) mass is 267 g/mol. The highest BCUT2D eigenvalue weighted by Gasteiger charge is 2.16. The van der Waals surface area contributed by atoms with Gasteiger partial charge in [-0.3, -0.25) is 0 Å². The number of ether oxygens (including phenoxy) is 2. The summed E-state index contributed by atoms with van der Waals surface area (Å²) in [4.78, 5) is 0. The third-order valence-corrected chi connectivity index (χ3v) is 2.99. The van der Waals surface area contributed by atoms with Crippen LogP contribution in [0.5, 0.6) is 11.5 Å². The Morgan fingerprint density at radius 1 is 1.10 bits per heavy atom. The van der Waals surface area contributed by atoms with E-state index in [9.17, 15) is 5.26 Å². The summed E-state index contributed by atoms with van der Waals surface area (Å²) < 4.78 is 11.0. The maximum Gasteiger partial charge on any atom is 0.179 e. The summed E-state index contributed by atoms with van der Waals surface area (Å²) in [5.74, 6) is 1.12. The highest BCUT2D eigenvalue weighted by atomic mass is 16.5. The van der Waals surface area contributed by atoms with Crippen LogP contribution in [0, 0.1) is 11.3 Å². The van der Waals surface area contributed by atoms with E-state index in [1.165, 1.54) is 0 Å². The quantitative estimate of drug-likeness (QED) is 0.821. The zero-order chi connectivity index (χ0) is 14.4. The number of methoxy groups -OCH3 is 1. The van der Waals surface area contributed by atoms with Crippen LogP contribution < -0.4 is 9.47 Å². The second-order valence-corrected chi connectivity index (χ2v) is 4.35. The van der Waals surface area contributed by atoms with Crippen molar-refractivity contribution in [1.82, 2.24) is 0 Å². The summed E-state index contributed by atoms with van der Waals surface area (Å²) in [5, 5.41) is 9.49. The lowest BCUT2D eigenvalue weighted by Crippen LogP contribution is -2.01. The van der Waals surface area contributed by atoms with Crippen LogP contribution >= 0.6 is 0 Å². The van der Waals surface area contributed by atoms with Crippen molar-refractivity contribution in [3.05, 3.63) is 48.0 Å². The number of rotatable bonds is 5. The average molecular weight is 267 g/mol. The minimum atomic E-state index is 0.518. The van der Waals surface area contributed by atoms with Crippen LogP contribution in [0.15, 0.2) is 42.5 Å². The van der Waals surface area contributed by atoms with Crippen LogP contribution in [0.3, 0.4) is 0 Å². The molecular weight excluding hydrogens is 250 g/mol. The fourth-order valence-corrected chi connectivity index (χ4v) is 2.04. The molecule has 0 fully saturated rings. The van der Waals surface area contributed by atoms with Crippen LogP contribution in [0.25, 0.3) is 11.1 Å². The lowest BCUT2D eigenvalue weighted by atomic mass is 9.99. The molecule has 3 heteroatoms. The summed E-state index contributed by atoms with van der Waals surface area (Å²) in [5.41, 5.74) is 2.37. The summed E-state index contributed by atoms with van der Waals surface area (Å²) in [6.07, 6.45) is 0.879. The molecule has 0 aromatic heterocycles. The minimum Gasteiger partial charge on any atom is -0.493 e. The molecule has 0 bridgehead atoms. The fourth-order valence-electron chi connectivity index (χ4n) is 2.04. The summed E-state index contributed by atoms with van der Waals surface area (Å²) in [6, 6.07) is 15.8. The summed E-state index contributed by atoms with van der Waals surface area (Å²) in [6.45, 7) is 2.59. The van der Waals surface area contributed by atoms with E-state index >= 15 is 0 Å². The lowest BCUT2D eigenvalue weighted by molar-refractivity contribution is 0.293. The van der Waals surface area contributed by atoms with Crippen molar-refractivity contribution in [2.24, 2.45) is 0 Å². The van der Waals surface area contributed by atoms with Crippen LogP contribution in [0.2, 0.25) is 0 Å². The molecule has 0 spiro atoms. The first-order chi connectivity index (χ1) is 9.81. The third kappa shape index (κ3) is 2.75. The SMILES string of the molecule is CCCOc1c(OC)ccc(-c2ccccc2)c1C#N. The number of hydrogen-bond acceptors (Lipinski definition) is 3. The molecule has 0 heterocycles. The van der Waals surface area contributed by atoms with Gasteiger partial charge in [0.05, 0.1) is 13.7 Å². The highest BCUT2D eigenvalue weighted by molar-refractivity contribution is 5.76. The van der Waals surface area contributed by atoms with E-state index in [2.05, 4.69) is 6.07 Å². The number of hydrogen-bond donors (Lipinski definition) is 0. The van der Waals surface area contributed by atoms with Crippen molar-refractivity contribution in [3.63, 3.8) is 0 Å². The maximum atomic E-state index is 9.49. The second-order valence-electron chi connectivity index (χ2n) is 4.35. The molecule has 20 heavy (non-hydrogen) atoms. The van der Waals surface area contributed by atoms with Crippen molar-refractivity contribution >= 4 is 0 Å². The van der Waals surface area contributed by atoms with Gasteiger partial charge >= 0.3 is 0 Å². The van der Waals surface area contributed by atoms with Crippen LogP contribution in [-0.4, -0.2) is 13.7 Å². The summed E-state index contributed by atoms with van der Waals surface area (Å²) in [7, 11) is 1.58. The Hall–Kier alpha value is -2.47. The van der Waals surface area contributed by atoms with Gasteiger partial charge < -0.3 is 9.47 Å². The van der Waals surface area contributed by atoms with Gasteiger partial charge in [-0.2, -0.15) is 5.26 Å². The van der Waals surface area contributed by atoms with Crippen molar-refractivity contribution in [2.45, 2.75) is 13.3 Å². The minimum absolute atomic E-state index is 0.518. The van der Waals surface area contributed by atoms with Gasteiger partial charge in [0, 0.05) is 5.56 Å². The fraction of sp³-hybridized carbons (Fsp3) is 0.235. The Labute approximate surface area is 119 Å². The van der Waals surface area contributed by atoms with Gasteiger partial charge in [-0.1, -0.05) is 37.3 Å².